The Bertz CT molecular complexity index is 1610. The first-order valence-electron chi connectivity index (χ1n) is 13.3. The lowest BCUT2D eigenvalue weighted by atomic mass is 10.00. The second-order valence-corrected chi connectivity index (χ2v) is 9.43. The molecule has 0 N–H and O–H groups in total. The van der Waals surface area contributed by atoms with E-state index in [9.17, 15) is 4.79 Å². The topological polar surface area (TPSA) is 58.9 Å². The van der Waals surface area contributed by atoms with Crippen LogP contribution < -0.4 is 0 Å². The molecule has 1 aromatic heterocycles. The number of nitrogens with zero attached hydrogens (tertiary/aromatic N) is 1. The van der Waals surface area contributed by atoms with Gasteiger partial charge in [0.1, 0.15) is 19.0 Å². The molecule has 5 aromatic rings. The number of allylic oxidation sites excluding steroid dienone is 1. The van der Waals surface area contributed by atoms with Crippen LogP contribution in [0.1, 0.15) is 0 Å². The van der Waals surface area contributed by atoms with Gasteiger partial charge >= 0.3 is 5.97 Å². The maximum atomic E-state index is 11.5. The maximum absolute atomic E-state index is 11.5. The first-order valence-corrected chi connectivity index (χ1v) is 13.3. The molecule has 204 valence electrons. The minimum atomic E-state index is -0.475. The summed E-state index contributed by atoms with van der Waals surface area (Å²) >= 11 is 0. The van der Waals surface area contributed by atoms with Gasteiger partial charge in [-0.25, -0.2) is 4.79 Å². The van der Waals surface area contributed by atoms with Gasteiger partial charge in [-0.05, 0) is 39.8 Å². The summed E-state index contributed by atoms with van der Waals surface area (Å²) in [4.78, 5) is 11.5. The van der Waals surface area contributed by atoms with Crippen LogP contribution in [0.3, 0.4) is 0 Å². The van der Waals surface area contributed by atoms with Gasteiger partial charge in [0.05, 0.1) is 32.5 Å². The van der Waals surface area contributed by atoms with Crippen molar-refractivity contribution in [3.05, 3.63) is 110 Å². The molecule has 40 heavy (non-hydrogen) atoms. The quantitative estimate of drug-likeness (QED) is 0.0506. The van der Waals surface area contributed by atoms with Crippen LogP contribution in [-0.2, 0) is 30.3 Å². The largest absolute Gasteiger partial charge is 0.492 e. The number of benzene rings is 4. The highest BCUT2D eigenvalue weighted by atomic mass is 16.6. The second-order valence-electron chi connectivity index (χ2n) is 9.43. The first kappa shape index (κ1) is 27.2. The van der Waals surface area contributed by atoms with Gasteiger partial charge in [-0.2, -0.15) is 0 Å². The number of esters is 1. The molecular weight excluding hydrogens is 502 g/mol. The Balaban J connectivity index is 1.50. The lowest BCUT2D eigenvalue weighted by Crippen LogP contribution is -2.28. The molecule has 0 radical (unpaired) electrons. The SMILES string of the molecule is C=CC(=C)OCCOCC(Cn1c2ccc3ccccc3c2c2c3ccccc3ccc21)OCCOC(=O)C=C. The Labute approximate surface area is 233 Å². The number of rotatable bonds is 14. The van der Waals surface area contributed by atoms with Gasteiger partial charge < -0.3 is 23.5 Å². The van der Waals surface area contributed by atoms with Crippen LogP contribution in [0.5, 0.6) is 0 Å². The van der Waals surface area contributed by atoms with Crippen molar-refractivity contribution in [2.75, 3.05) is 33.0 Å². The van der Waals surface area contributed by atoms with E-state index in [4.69, 9.17) is 18.9 Å². The molecule has 0 aliphatic carbocycles. The smallest absolute Gasteiger partial charge is 0.330 e. The Morgan fingerprint density at radius 3 is 1.95 bits per heavy atom. The van der Waals surface area contributed by atoms with E-state index in [1.165, 1.54) is 32.3 Å². The Hall–Kier alpha value is -4.39. The van der Waals surface area contributed by atoms with Gasteiger partial charge in [-0.3, -0.25) is 0 Å². The number of carbonyl (C=O) groups excluding carboxylic acids is 1. The van der Waals surface area contributed by atoms with Crippen molar-refractivity contribution in [3.63, 3.8) is 0 Å². The van der Waals surface area contributed by atoms with Crippen molar-refractivity contribution in [1.29, 1.82) is 0 Å². The molecule has 0 saturated heterocycles. The number of ether oxygens (including phenoxy) is 4. The lowest BCUT2D eigenvalue weighted by molar-refractivity contribution is -0.140. The van der Waals surface area contributed by atoms with E-state index in [1.807, 2.05) is 0 Å². The van der Waals surface area contributed by atoms with Crippen molar-refractivity contribution < 1.29 is 23.7 Å². The van der Waals surface area contributed by atoms with Crippen LogP contribution >= 0.6 is 0 Å². The highest BCUT2D eigenvalue weighted by Crippen LogP contribution is 2.39. The summed E-state index contributed by atoms with van der Waals surface area (Å²) in [5.41, 5.74) is 2.25. The van der Waals surface area contributed by atoms with Gasteiger partial charge in [-0.15, -0.1) is 0 Å². The summed E-state index contributed by atoms with van der Waals surface area (Å²) in [7, 11) is 0. The molecule has 1 unspecified atom stereocenters. The number of fused-ring (bicyclic) bond motifs is 7. The van der Waals surface area contributed by atoms with E-state index in [2.05, 4.69) is 97.1 Å². The number of hydrogen-bond acceptors (Lipinski definition) is 5. The highest BCUT2D eigenvalue weighted by molar-refractivity contribution is 6.27. The van der Waals surface area contributed by atoms with Crippen LogP contribution in [0.25, 0.3) is 43.4 Å². The van der Waals surface area contributed by atoms with Gasteiger partial charge in [0.2, 0.25) is 0 Å². The molecule has 5 rings (SSSR count). The molecule has 1 heterocycles. The molecule has 0 fully saturated rings. The van der Waals surface area contributed by atoms with E-state index < -0.39 is 5.97 Å². The predicted octanol–water partition coefficient (Wildman–Crippen LogP) is 6.95. The molecule has 6 heteroatoms. The van der Waals surface area contributed by atoms with Crippen molar-refractivity contribution in [2.45, 2.75) is 12.6 Å². The minimum absolute atomic E-state index is 0.131. The molecule has 0 aliphatic rings. The van der Waals surface area contributed by atoms with Crippen LogP contribution in [0, 0.1) is 0 Å². The Kier molecular flexibility index (Phi) is 8.59. The van der Waals surface area contributed by atoms with Crippen molar-refractivity contribution in [1.82, 2.24) is 4.57 Å². The number of carbonyl (C=O) groups is 1. The zero-order valence-electron chi connectivity index (χ0n) is 22.5. The third-order valence-electron chi connectivity index (χ3n) is 6.93. The summed E-state index contributed by atoms with van der Waals surface area (Å²) in [6, 6.07) is 25.7. The lowest BCUT2D eigenvalue weighted by Gasteiger charge is -2.20. The molecule has 1 atom stereocenters. The summed E-state index contributed by atoms with van der Waals surface area (Å²) in [5.74, 6) is 0.0299. The van der Waals surface area contributed by atoms with E-state index in [0.717, 1.165) is 17.1 Å². The summed E-state index contributed by atoms with van der Waals surface area (Å²) in [5, 5.41) is 7.27. The molecule has 0 bridgehead atoms. The molecule has 0 spiro atoms. The van der Waals surface area contributed by atoms with E-state index in [1.54, 1.807) is 6.08 Å². The van der Waals surface area contributed by atoms with Crippen LogP contribution in [0.2, 0.25) is 0 Å². The zero-order valence-corrected chi connectivity index (χ0v) is 22.5. The van der Waals surface area contributed by atoms with Crippen LogP contribution in [-0.4, -0.2) is 49.7 Å². The van der Waals surface area contributed by atoms with Crippen LogP contribution in [0.4, 0.5) is 0 Å². The Morgan fingerprint density at radius 2 is 1.35 bits per heavy atom. The Morgan fingerprint density at radius 1 is 0.750 bits per heavy atom. The molecule has 0 saturated carbocycles. The summed E-state index contributed by atoms with van der Waals surface area (Å²) in [6.07, 6.45) is 2.40. The van der Waals surface area contributed by atoms with Crippen molar-refractivity contribution >= 4 is 49.3 Å². The van der Waals surface area contributed by atoms with Crippen molar-refractivity contribution in [2.24, 2.45) is 0 Å². The van der Waals surface area contributed by atoms with Crippen molar-refractivity contribution in [3.8, 4) is 0 Å². The first-order chi connectivity index (χ1) is 19.6. The number of aromatic nitrogens is 1. The second kappa shape index (κ2) is 12.6. The average molecular weight is 536 g/mol. The van der Waals surface area contributed by atoms with Crippen LogP contribution in [0.15, 0.2) is 110 Å². The summed E-state index contributed by atoms with van der Waals surface area (Å²) in [6.45, 7) is 12.8. The fourth-order valence-corrected chi connectivity index (χ4v) is 5.10. The monoisotopic (exact) mass is 535 g/mol. The van der Waals surface area contributed by atoms with Gasteiger partial charge in [0, 0.05) is 27.9 Å². The normalized spacial score (nSPS) is 12.1. The fraction of sp³-hybridized carbons (Fsp3) is 0.206. The van der Waals surface area contributed by atoms with E-state index in [0.29, 0.717) is 32.1 Å². The zero-order chi connectivity index (χ0) is 27.9. The molecule has 0 amide bonds. The minimum Gasteiger partial charge on any atom is -0.492 e. The third-order valence-corrected chi connectivity index (χ3v) is 6.93. The van der Waals surface area contributed by atoms with Gasteiger partial charge in [0.25, 0.3) is 0 Å². The highest BCUT2D eigenvalue weighted by Gasteiger charge is 2.19. The molecule has 4 aromatic carbocycles. The number of hydrogen-bond donors (Lipinski definition) is 0. The maximum Gasteiger partial charge on any atom is 0.330 e. The molecular formula is C34H33NO5. The molecule has 6 nitrogen and oxygen atoms in total. The fourth-order valence-electron chi connectivity index (χ4n) is 5.10. The molecule has 0 aliphatic heterocycles. The van der Waals surface area contributed by atoms with Gasteiger partial charge in [-0.1, -0.05) is 80.4 Å². The standard InChI is InChI=1S/C34H33NO5/c1-4-24(3)38-19-18-37-23-27(39-20-21-40-32(36)5-2)22-35-30-16-14-25-10-6-8-12-28(25)33(30)34-29-13-9-7-11-26(29)15-17-31(34)35/h4-17,27H,1-3,18-23H2. The third kappa shape index (κ3) is 5.78. The van der Waals surface area contributed by atoms with Gasteiger partial charge in [0.15, 0.2) is 0 Å². The predicted molar refractivity (Wildman–Crippen MR) is 161 cm³/mol. The van der Waals surface area contributed by atoms with E-state index in [-0.39, 0.29) is 19.3 Å². The summed E-state index contributed by atoms with van der Waals surface area (Å²) < 4.78 is 25.0. The van der Waals surface area contributed by atoms with E-state index >= 15 is 0 Å². The average Bonchev–Trinajstić information content (AvgIpc) is 3.32.